The first-order chi connectivity index (χ1) is 9.13. The number of nitrogen functional groups attached to an aromatic ring is 1. The number of aryl methyl sites for hydroxylation is 1. The molecule has 0 saturated carbocycles. The molecule has 0 unspecified atom stereocenters. The Hall–Kier alpha value is -1.80. The van der Waals surface area contributed by atoms with Crippen molar-refractivity contribution in [2.45, 2.75) is 12.8 Å². The van der Waals surface area contributed by atoms with Gasteiger partial charge in [-0.2, -0.15) is 0 Å². The summed E-state index contributed by atoms with van der Waals surface area (Å²) in [5.74, 6) is -0.272. The minimum atomic E-state index is -0.272. The van der Waals surface area contributed by atoms with Gasteiger partial charge in [-0.05, 0) is 71.5 Å². The van der Waals surface area contributed by atoms with Gasteiger partial charge in [-0.25, -0.2) is 4.39 Å². The van der Waals surface area contributed by atoms with Crippen LogP contribution in [0, 0.1) is 5.82 Å². The molecule has 0 spiro atoms. The molecule has 3 heteroatoms. The number of halogens is 2. The Kier molecular flexibility index (Phi) is 3.03. The Morgan fingerprint density at radius 2 is 1.95 bits per heavy atom. The van der Waals surface area contributed by atoms with Crippen molar-refractivity contribution < 1.29 is 4.39 Å². The summed E-state index contributed by atoms with van der Waals surface area (Å²) in [5.41, 5.74) is 10.9. The molecule has 3 rings (SSSR count). The van der Waals surface area contributed by atoms with Gasteiger partial charge in [0.15, 0.2) is 0 Å². The number of nitrogens with two attached hydrogens (primary N) is 1. The SMILES string of the molecule is Nc1ccc2c(c1)CC/C2=C\c1cc(F)ccc1Cl. The van der Waals surface area contributed by atoms with E-state index < -0.39 is 0 Å². The number of hydrogen-bond acceptors (Lipinski definition) is 1. The van der Waals surface area contributed by atoms with Gasteiger partial charge in [-0.15, -0.1) is 0 Å². The molecule has 1 nitrogen and oxygen atoms in total. The van der Waals surface area contributed by atoms with Gasteiger partial charge < -0.3 is 5.73 Å². The molecule has 0 heterocycles. The van der Waals surface area contributed by atoms with Crippen molar-refractivity contribution in [3.63, 3.8) is 0 Å². The fourth-order valence-electron chi connectivity index (χ4n) is 2.50. The van der Waals surface area contributed by atoms with Gasteiger partial charge in [0.1, 0.15) is 5.82 Å². The van der Waals surface area contributed by atoms with Crippen LogP contribution in [0.1, 0.15) is 23.1 Å². The minimum absolute atomic E-state index is 0.272. The van der Waals surface area contributed by atoms with Crippen molar-refractivity contribution >= 4 is 28.9 Å². The van der Waals surface area contributed by atoms with Crippen molar-refractivity contribution in [3.8, 4) is 0 Å². The molecule has 2 aromatic carbocycles. The van der Waals surface area contributed by atoms with Crippen LogP contribution in [-0.2, 0) is 6.42 Å². The molecule has 0 aromatic heterocycles. The average molecular weight is 274 g/mol. The Balaban J connectivity index is 2.05. The van der Waals surface area contributed by atoms with E-state index in [1.54, 1.807) is 6.07 Å². The fraction of sp³-hybridized carbons (Fsp3) is 0.125. The highest BCUT2D eigenvalue weighted by atomic mass is 35.5. The lowest BCUT2D eigenvalue weighted by atomic mass is 10.0. The van der Waals surface area contributed by atoms with E-state index in [1.165, 1.54) is 28.8 Å². The van der Waals surface area contributed by atoms with Crippen LogP contribution >= 0.6 is 11.6 Å². The fourth-order valence-corrected chi connectivity index (χ4v) is 2.67. The molecule has 96 valence electrons. The second-order valence-corrected chi connectivity index (χ2v) is 5.16. The highest BCUT2D eigenvalue weighted by molar-refractivity contribution is 6.32. The molecule has 0 fully saturated rings. The minimum Gasteiger partial charge on any atom is -0.399 e. The smallest absolute Gasteiger partial charge is 0.123 e. The second kappa shape index (κ2) is 4.71. The van der Waals surface area contributed by atoms with Crippen molar-refractivity contribution in [2.75, 3.05) is 5.73 Å². The Bertz CT molecular complexity index is 676. The molecule has 2 aromatic rings. The van der Waals surface area contributed by atoms with Gasteiger partial charge in [0, 0.05) is 10.7 Å². The molecule has 0 aliphatic heterocycles. The summed E-state index contributed by atoms with van der Waals surface area (Å²) >= 11 is 6.10. The molecule has 0 amide bonds. The van der Waals surface area contributed by atoms with E-state index in [1.807, 2.05) is 24.3 Å². The van der Waals surface area contributed by atoms with Crippen molar-refractivity contribution in [3.05, 3.63) is 63.9 Å². The zero-order chi connectivity index (χ0) is 13.4. The van der Waals surface area contributed by atoms with Crippen LogP contribution < -0.4 is 5.73 Å². The van der Waals surface area contributed by atoms with Crippen LogP contribution in [0.3, 0.4) is 0 Å². The number of anilines is 1. The number of benzene rings is 2. The first-order valence-corrected chi connectivity index (χ1v) is 6.56. The van der Waals surface area contributed by atoms with Crippen LogP contribution in [0.25, 0.3) is 11.6 Å². The molecule has 2 N–H and O–H groups in total. The molecule has 0 atom stereocenters. The summed E-state index contributed by atoms with van der Waals surface area (Å²) < 4.78 is 13.3. The van der Waals surface area contributed by atoms with E-state index in [2.05, 4.69) is 0 Å². The predicted octanol–water partition coefficient (Wildman–Crippen LogP) is 4.55. The predicted molar refractivity (Wildman–Crippen MR) is 78.5 cm³/mol. The standard InChI is InChI=1S/C16H13ClFN/c17-16-6-3-13(18)8-12(16)7-10-1-2-11-9-14(19)4-5-15(10)11/h3-9H,1-2,19H2/b10-7+. The van der Waals surface area contributed by atoms with Crippen LogP contribution in [0.2, 0.25) is 5.02 Å². The quantitative estimate of drug-likeness (QED) is 0.758. The van der Waals surface area contributed by atoms with Crippen molar-refractivity contribution in [2.24, 2.45) is 0 Å². The monoisotopic (exact) mass is 273 g/mol. The summed E-state index contributed by atoms with van der Waals surface area (Å²) in [5, 5.41) is 0.567. The van der Waals surface area contributed by atoms with E-state index in [-0.39, 0.29) is 5.82 Å². The molecule has 0 saturated heterocycles. The normalized spacial score (nSPS) is 15.8. The van der Waals surface area contributed by atoms with E-state index in [9.17, 15) is 4.39 Å². The lowest BCUT2D eigenvalue weighted by Gasteiger charge is -2.04. The highest BCUT2D eigenvalue weighted by Gasteiger charge is 2.16. The van der Waals surface area contributed by atoms with Gasteiger partial charge >= 0.3 is 0 Å². The first kappa shape index (κ1) is 12.2. The molecule has 19 heavy (non-hydrogen) atoms. The maximum Gasteiger partial charge on any atom is 0.123 e. The largest absolute Gasteiger partial charge is 0.399 e. The van der Waals surface area contributed by atoms with Crippen LogP contribution in [0.5, 0.6) is 0 Å². The second-order valence-electron chi connectivity index (χ2n) is 4.75. The van der Waals surface area contributed by atoms with Crippen molar-refractivity contribution in [1.29, 1.82) is 0 Å². The van der Waals surface area contributed by atoms with Crippen LogP contribution in [0.4, 0.5) is 10.1 Å². The van der Waals surface area contributed by atoms with Crippen LogP contribution in [-0.4, -0.2) is 0 Å². The third-order valence-corrected chi connectivity index (χ3v) is 3.77. The van der Waals surface area contributed by atoms with E-state index in [0.717, 1.165) is 24.1 Å². The molecular weight excluding hydrogens is 261 g/mol. The average Bonchev–Trinajstić information content (AvgIpc) is 2.76. The number of rotatable bonds is 1. The Morgan fingerprint density at radius 1 is 1.11 bits per heavy atom. The van der Waals surface area contributed by atoms with Gasteiger partial charge in [0.05, 0.1) is 0 Å². The zero-order valence-electron chi connectivity index (χ0n) is 10.3. The van der Waals surface area contributed by atoms with Gasteiger partial charge in [-0.1, -0.05) is 17.7 Å². The lowest BCUT2D eigenvalue weighted by molar-refractivity contribution is 0.627. The molecular formula is C16H13ClFN. The van der Waals surface area contributed by atoms with E-state index >= 15 is 0 Å². The lowest BCUT2D eigenvalue weighted by Crippen LogP contribution is -1.88. The summed E-state index contributed by atoms with van der Waals surface area (Å²) in [7, 11) is 0. The van der Waals surface area contributed by atoms with E-state index in [0.29, 0.717) is 5.02 Å². The maximum absolute atomic E-state index is 13.3. The molecule has 1 aliphatic rings. The summed E-state index contributed by atoms with van der Waals surface area (Å²) in [6, 6.07) is 10.3. The van der Waals surface area contributed by atoms with Gasteiger partial charge in [0.25, 0.3) is 0 Å². The van der Waals surface area contributed by atoms with Crippen molar-refractivity contribution in [1.82, 2.24) is 0 Å². The number of allylic oxidation sites excluding steroid dienone is 1. The van der Waals surface area contributed by atoms with Gasteiger partial charge in [0.2, 0.25) is 0 Å². The summed E-state index contributed by atoms with van der Waals surface area (Å²) in [6.07, 6.45) is 3.87. The number of fused-ring (bicyclic) bond motifs is 1. The molecule has 0 radical (unpaired) electrons. The molecule has 1 aliphatic carbocycles. The summed E-state index contributed by atoms with van der Waals surface area (Å²) in [6.45, 7) is 0. The van der Waals surface area contributed by atoms with E-state index in [4.69, 9.17) is 17.3 Å². The Morgan fingerprint density at radius 3 is 2.79 bits per heavy atom. The maximum atomic E-state index is 13.3. The first-order valence-electron chi connectivity index (χ1n) is 6.18. The third-order valence-electron chi connectivity index (χ3n) is 3.43. The van der Waals surface area contributed by atoms with Gasteiger partial charge in [-0.3, -0.25) is 0 Å². The zero-order valence-corrected chi connectivity index (χ0v) is 11.0. The topological polar surface area (TPSA) is 26.0 Å². The van der Waals surface area contributed by atoms with Crippen LogP contribution in [0.15, 0.2) is 36.4 Å². The summed E-state index contributed by atoms with van der Waals surface area (Å²) in [4.78, 5) is 0. The number of hydrogen-bond donors (Lipinski definition) is 1. The molecule has 0 bridgehead atoms. The third kappa shape index (κ3) is 2.36. The Labute approximate surface area is 116 Å². The highest BCUT2D eigenvalue weighted by Crippen LogP contribution is 2.35.